The Kier molecular flexibility index (Phi) is 5.53. The highest BCUT2D eigenvalue weighted by molar-refractivity contribution is 5.89. The first-order chi connectivity index (χ1) is 12.1. The second-order valence-electron chi connectivity index (χ2n) is 6.84. The number of pyridine rings is 1. The second-order valence-corrected chi connectivity index (χ2v) is 6.84. The van der Waals surface area contributed by atoms with Crippen LogP contribution in [-0.2, 0) is 20.9 Å². The van der Waals surface area contributed by atoms with Crippen molar-refractivity contribution in [3.63, 3.8) is 0 Å². The molecule has 7 nitrogen and oxygen atoms in total. The molecule has 1 aromatic heterocycles. The molecular formula is C18H26N4O3. The molecule has 0 aliphatic carbocycles. The topological polar surface area (TPSA) is 74.8 Å². The van der Waals surface area contributed by atoms with Gasteiger partial charge in [0.15, 0.2) is 0 Å². The lowest BCUT2D eigenvalue weighted by atomic mass is 10.1. The molecule has 3 heterocycles. The molecule has 0 saturated carbocycles. The Morgan fingerprint density at radius 1 is 1.40 bits per heavy atom. The van der Waals surface area contributed by atoms with E-state index in [0.29, 0.717) is 32.7 Å². The minimum absolute atomic E-state index is 0.0607. The summed E-state index contributed by atoms with van der Waals surface area (Å²) in [4.78, 5) is 32.9. The number of carbonyl (C=O) groups excluding carboxylic acids is 2. The summed E-state index contributed by atoms with van der Waals surface area (Å²) in [6.07, 6.45) is 2.07. The molecule has 25 heavy (non-hydrogen) atoms. The largest absolute Gasteiger partial charge is 0.378 e. The summed E-state index contributed by atoms with van der Waals surface area (Å²) in [5, 5.41) is 2.98. The van der Waals surface area contributed by atoms with Crippen LogP contribution in [0.15, 0.2) is 18.3 Å². The van der Waals surface area contributed by atoms with Crippen LogP contribution in [0.3, 0.4) is 0 Å². The third-order valence-electron chi connectivity index (χ3n) is 4.78. The smallest absolute Gasteiger partial charge is 0.225 e. The van der Waals surface area contributed by atoms with Crippen molar-refractivity contribution in [2.45, 2.75) is 32.9 Å². The number of nitrogens with one attached hydrogen (secondary N) is 1. The van der Waals surface area contributed by atoms with E-state index in [0.717, 1.165) is 24.5 Å². The SMILES string of the molecule is CC(C)N1C[C@H](C(=O)NCc2cccnc2N2CCOCC2)CC1=O. The standard InChI is InChI=1S/C18H26N4O3/c1-13(2)22-12-15(10-16(22)23)18(24)20-11-14-4-3-5-19-17(14)21-6-8-25-9-7-21/h3-5,13,15H,6-12H2,1-2H3,(H,20,24)/t15-/m1/s1. The summed E-state index contributed by atoms with van der Waals surface area (Å²) in [7, 11) is 0. The first kappa shape index (κ1) is 17.7. The van der Waals surface area contributed by atoms with Gasteiger partial charge in [-0.1, -0.05) is 6.07 Å². The van der Waals surface area contributed by atoms with Crippen molar-refractivity contribution in [3.8, 4) is 0 Å². The Morgan fingerprint density at radius 3 is 2.84 bits per heavy atom. The molecule has 0 aromatic carbocycles. The average molecular weight is 346 g/mol. The number of ether oxygens (including phenoxy) is 1. The number of anilines is 1. The van der Waals surface area contributed by atoms with Gasteiger partial charge in [-0.15, -0.1) is 0 Å². The molecule has 2 fully saturated rings. The van der Waals surface area contributed by atoms with Gasteiger partial charge in [0.2, 0.25) is 11.8 Å². The number of amides is 2. The van der Waals surface area contributed by atoms with Crippen molar-refractivity contribution in [2.75, 3.05) is 37.7 Å². The third-order valence-corrected chi connectivity index (χ3v) is 4.78. The molecule has 0 bridgehead atoms. The fourth-order valence-corrected chi connectivity index (χ4v) is 3.36. The molecule has 2 saturated heterocycles. The van der Waals surface area contributed by atoms with Crippen LogP contribution in [0.25, 0.3) is 0 Å². The van der Waals surface area contributed by atoms with Gasteiger partial charge in [-0.2, -0.15) is 0 Å². The zero-order valence-electron chi connectivity index (χ0n) is 14.9. The predicted octanol–water partition coefficient (Wildman–Crippen LogP) is 0.791. The van der Waals surface area contributed by atoms with E-state index >= 15 is 0 Å². The molecular weight excluding hydrogens is 320 g/mol. The Labute approximate surface area is 148 Å². The summed E-state index contributed by atoms with van der Waals surface area (Å²) in [6.45, 7) is 7.87. The summed E-state index contributed by atoms with van der Waals surface area (Å²) in [6, 6.07) is 4.00. The molecule has 7 heteroatoms. The first-order valence-electron chi connectivity index (χ1n) is 8.90. The highest BCUT2D eigenvalue weighted by atomic mass is 16.5. The lowest BCUT2D eigenvalue weighted by Crippen LogP contribution is -2.38. The van der Waals surface area contributed by atoms with Gasteiger partial charge in [-0.3, -0.25) is 9.59 Å². The summed E-state index contributed by atoms with van der Waals surface area (Å²) in [5.74, 6) is 0.634. The lowest BCUT2D eigenvalue weighted by molar-refractivity contribution is -0.129. The lowest BCUT2D eigenvalue weighted by Gasteiger charge is -2.29. The molecule has 1 atom stereocenters. The van der Waals surface area contributed by atoms with Crippen LogP contribution in [0, 0.1) is 5.92 Å². The third kappa shape index (κ3) is 4.10. The molecule has 1 aromatic rings. The van der Waals surface area contributed by atoms with Crippen molar-refractivity contribution >= 4 is 17.6 Å². The summed E-state index contributed by atoms with van der Waals surface area (Å²) < 4.78 is 5.39. The highest BCUT2D eigenvalue weighted by Crippen LogP contribution is 2.21. The zero-order valence-corrected chi connectivity index (χ0v) is 14.9. The van der Waals surface area contributed by atoms with Gasteiger partial charge in [0.25, 0.3) is 0 Å². The molecule has 3 rings (SSSR count). The predicted molar refractivity (Wildman–Crippen MR) is 94.1 cm³/mol. The highest BCUT2D eigenvalue weighted by Gasteiger charge is 2.35. The number of morpholine rings is 1. The van der Waals surface area contributed by atoms with E-state index in [1.165, 1.54) is 0 Å². The maximum absolute atomic E-state index is 12.5. The van der Waals surface area contributed by atoms with E-state index in [9.17, 15) is 9.59 Å². The van der Waals surface area contributed by atoms with E-state index < -0.39 is 0 Å². The normalized spacial score (nSPS) is 21.1. The van der Waals surface area contributed by atoms with Crippen molar-refractivity contribution < 1.29 is 14.3 Å². The van der Waals surface area contributed by atoms with Crippen molar-refractivity contribution in [1.82, 2.24) is 15.2 Å². The Morgan fingerprint density at radius 2 is 2.16 bits per heavy atom. The molecule has 2 amide bonds. The fourth-order valence-electron chi connectivity index (χ4n) is 3.36. The number of carbonyl (C=O) groups is 2. The fraction of sp³-hybridized carbons (Fsp3) is 0.611. The number of aromatic nitrogens is 1. The van der Waals surface area contributed by atoms with Gasteiger partial charge in [0, 0.05) is 50.4 Å². The number of rotatable bonds is 5. The van der Waals surface area contributed by atoms with E-state index in [-0.39, 0.29) is 23.8 Å². The van der Waals surface area contributed by atoms with Gasteiger partial charge >= 0.3 is 0 Å². The maximum Gasteiger partial charge on any atom is 0.225 e. The van der Waals surface area contributed by atoms with Crippen LogP contribution in [-0.4, -0.2) is 60.6 Å². The minimum Gasteiger partial charge on any atom is -0.378 e. The number of hydrogen-bond donors (Lipinski definition) is 1. The Balaban J connectivity index is 1.60. The minimum atomic E-state index is -0.265. The zero-order chi connectivity index (χ0) is 17.8. The molecule has 2 aliphatic heterocycles. The Bertz CT molecular complexity index is 629. The van der Waals surface area contributed by atoms with Crippen molar-refractivity contribution in [3.05, 3.63) is 23.9 Å². The van der Waals surface area contributed by atoms with E-state index in [1.54, 1.807) is 11.1 Å². The average Bonchev–Trinajstić information content (AvgIpc) is 3.03. The summed E-state index contributed by atoms with van der Waals surface area (Å²) >= 11 is 0. The Hall–Kier alpha value is -2.15. The van der Waals surface area contributed by atoms with Crippen molar-refractivity contribution in [2.24, 2.45) is 5.92 Å². The molecule has 2 aliphatic rings. The van der Waals surface area contributed by atoms with E-state index in [4.69, 9.17) is 4.74 Å². The number of likely N-dealkylation sites (tertiary alicyclic amines) is 1. The molecule has 0 unspecified atom stereocenters. The molecule has 0 radical (unpaired) electrons. The van der Waals surface area contributed by atoms with Crippen LogP contribution in [0.4, 0.5) is 5.82 Å². The van der Waals surface area contributed by atoms with Crippen molar-refractivity contribution in [1.29, 1.82) is 0 Å². The molecule has 0 spiro atoms. The van der Waals surface area contributed by atoms with Gasteiger partial charge < -0.3 is 19.9 Å². The van der Waals surface area contributed by atoms with Gasteiger partial charge in [0.1, 0.15) is 5.82 Å². The maximum atomic E-state index is 12.5. The van der Waals surface area contributed by atoms with E-state index in [2.05, 4.69) is 15.2 Å². The number of nitrogens with zero attached hydrogens (tertiary/aromatic N) is 3. The molecule has 136 valence electrons. The van der Waals surface area contributed by atoms with Crippen LogP contribution in [0.1, 0.15) is 25.8 Å². The van der Waals surface area contributed by atoms with Crippen LogP contribution >= 0.6 is 0 Å². The number of hydrogen-bond acceptors (Lipinski definition) is 5. The second kappa shape index (κ2) is 7.82. The summed E-state index contributed by atoms with van der Waals surface area (Å²) in [5.41, 5.74) is 0.989. The first-order valence-corrected chi connectivity index (χ1v) is 8.90. The van der Waals surface area contributed by atoms with Gasteiger partial charge in [-0.25, -0.2) is 4.98 Å². The quantitative estimate of drug-likeness (QED) is 0.853. The molecule has 1 N–H and O–H groups in total. The van der Waals surface area contributed by atoms with Crippen LogP contribution in [0.5, 0.6) is 0 Å². The van der Waals surface area contributed by atoms with Crippen LogP contribution in [0.2, 0.25) is 0 Å². The van der Waals surface area contributed by atoms with Crippen LogP contribution < -0.4 is 10.2 Å². The monoisotopic (exact) mass is 346 g/mol. The van der Waals surface area contributed by atoms with Gasteiger partial charge in [-0.05, 0) is 19.9 Å². The van der Waals surface area contributed by atoms with Gasteiger partial charge in [0.05, 0.1) is 19.1 Å². The van der Waals surface area contributed by atoms with E-state index in [1.807, 2.05) is 26.0 Å².